The second-order valence-electron chi connectivity index (χ2n) is 7.45. The molecule has 2 aliphatic rings. The van der Waals surface area contributed by atoms with Crippen molar-refractivity contribution < 1.29 is 13.2 Å². The molecule has 2 heterocycles. The first-order valence-electron chi connectivity index (χ1n) is 9.55. The number of benzene rings is 2. The van der Waals surface area contributed by atoms with Crippen LogP contribution < -0.4 is 4.90 Å². The van der Waals surface area contributed by atoms with Gasteiger partial charge < -0.3 is 4.90 Å². The first-order chi connectivity index (χ1) is 13.4. The summed E-state index contributed by atoms with van der Waals surface area (Å²) in [6.07, 6.45) is 2.28. The fraction of sp³-hybridized carbons (Fsp3) is 0.381. The summed E-state index contributed by atoms with van der Waals surface area (Å²) in [5.74, 6) is -0.325. The van der Waals surface area contributed by atoms with Gasteiger partial charge in [0.25, 0.3) is 0 Å². The zero-order chi connectivity index (χ0) is 19.7. The number of anilines is 1. The fourth-order valence-corrected chi connectivity index (χ4v) is 5.80. The van der Waals surface area contributed by atoms with E-state index in [1.54, 1.807) is 24.3 Å². The summed E-state index contributed by atoms with van der Waals surface area (Å²) in [6, 6.07) is 14.8. The van der Waals surface area contributed by atoms with Crippen molar-refractivity contribution in [2.24, 2.45) is 5.92 Å². The van der Waals surface area contributed by atoms with E-state index in [0.29, 0.717) is 30.1 Å². The molecule has 0 radical (unpaired) electrons. The van der Waals surface area contributed by atoms with E-state index in [4.69, 9.17) is 11.6 Å². The molecule has 2 aromatic rings. The minimum absolute atomic E-state index is 0.0383. The Balaban J connectivity index is 1.47. The van der Waals surface area contributed by atoms with Crippen molar-refractivity contribution in [1.29, 1.82) is 0 Å². The second kappa shape index (κ2) is 7.85. The van der Waals surface area contributed by atoms with Crippen LogP contribution >= 0.6 is 11.6 Å². The summed E-state index contributed by atoms with van der Waals surface area (Å²) in [5, 5.41) is 0.579. The molecule has 2 aliphatic heterocycles. The van der Waals surface area contributed by atoms with Gasteiger partial charge in [-0.05, 0) is 48.6 Å². The van der Waals surface area contributed by atoms with Crippen LogP contribution in [0.5, 0.6) is 0 Å². The van der Waals surface area contributed by atoms with Crippen LogP contribution in [0.2, 0.25) is 5.02 Å². The predicted octanol–water partition coefficient (Wildman–Crippen LogP) is 3.47. The van der Waals surface area contributed by atoms with Crippen LogP contribution in [-0.2, 0) is 27.0 Å². The third-order valence-electron chi connectivity index (χ3n) is 5.54. The molecule has 1 atom stereocenters. The maximum absolute atomic E-state index is 13.1. The Kier molecular flexibility index (Phi) is 5.45. The van der Waals surface area contributed by atoms with Crippen molar-refractivity contribution in [2.45, 2.75) is 25.0 Å². The molecule has 148 valence electrons. The third kappa shape index (κ3) is 3.95. The topological polar surface area (TPSA) is 57.7 Å². The Morgan fingerprint density at radius 3 is 2.61 bits per heavy atom. The van der Waals surface area contributed by atoms with Gasteiger partial charge in [0, 0.05) is 30.3 Å². The predicted molar refractivity (Wildman–Crippen MR) is 111 cm³/mol. The summed E-state index contributed by atoms with van der Waals surface area (Å²) in [6.45, 7) is 1.40. The molecule has 0 bridgehead atoms. The summed E-state index contributed by atoms with van der Waals surface area (Å²) < 4.78 is 27.3. The Morgan fingerprint density at radius 2 is 1.82 bits per heavy atom. The van der Waals surface area contributed by atoms with Gasteiger partial charge in [-0.1, -0.05) is 41.9 Å². The van der Waals surface area contributed by atoms with Gasteiger partial charge in [0.15, 0.2) is 0 Å². The number of hydrogen-bond donors (Lipinski definition) is 0. The molecule has 1 saturated heterocycles. The third-order valence-corrected chi connectivity index (χ3v) is 7.61. The lowest BCUT2D eigenvalue weighted by atomic mass is 9.98. The molecule has 0 spiro atoms. The molecule has 0 aromatic heterocycles. The Morgan fingerprint density at radius 1 is 1.07 bits per heavy atom. The quantitative estimate of drug-likeness (QED) is 0.763. The second-order valence-corrected chi connectivity index (χ2v) is 9.85. The highest BCUT2D eigenvalue weighted by Crippen LogP contribution is 2.31. The molecule has 0 unspecified atom stereocenters. The molecule has 28 heavy (non-hydrogen) atoms. The van der Waals surface area contributed by atoms with E-state index in [0.717, 1.165) is 18.5 Å². The summed E-state index contributed by atoms with van der Waals surface area (Å²) in [7, 11) is -3.48. The van der Waals surface area contributed by atoms with Crippen LogP contribution in [-0.4, -0.2) is 38.3 Å². The highest BCUT2D eigenvalue weighted by atomic mass is 35.5. The van der Waals surface area contributed by atoms with E-state index in [1.165, 1.54) is 9.87 Å². The van der Waals surface area contributed by atoms with E-state index >= 15 is 0 Å². The van der Waals surface area contributed by atoms with Gasteiger partial charge in [-0.2, -0.15) is 0 Å². The van der Waals surface area contributed by atoms with Gasteiger partial charge in [-0.25, -0.2) is 12.7 Å². The average molecular weight is 419 g/mol. The molecule has 5 nitrogen and oxygen atoms in total. The van der Waals surface area contributed by atoms with Crippen LogP contribution in [0.1, 0.15) is 24.0 Å². The number of carbonyl (C=O) groups is 1. The number of halogens is 1. The number of rotatable bonds is 4. The highest BCUT2D eigenvalue weighted by Gasteiger charge is 2.36. The zero-order valence-corrected chi connectivity index (χ0v) is 17.1. The minimum Gasteiger partial charge on any atom is -0.312 e. The fourth-order valence-electron chi connectivity index (χ4n) is 4.07. The van der Waals surface area contributed by atoms with Gasteiger partial charge in [0.2, 0.25) is 15.9 Å². The molecule has 0 saturated carbocycles. The molecule has 4 rings (SSSR count). The van der Waals surface area contributed by atoms with Crippen LogP contribution in [0, 0.1) is 5.92 Å². The lowest BCUT2D eigenvalue weighted by molar-refractivity contribution is -0.123. The number of hydrogen-bond acceptors (Lipinski definition) is 3. The van der Waals surface area contributed by atoms with E-state index < -0.39 is 10.0 Å². The number of amides is 1. The van der Waals surface area contributed by atoms with Gasteiger partial charge >= 0.3 is 0 Å². The van der Waals surface area contributed by atoms with Gasteiger partial charge in [0.05, 0.1) is 11.7 Å². The SMILES string of the molecule is O=C([C@H]1CCCN(S(=O)(=O)Cc2ccc(Cl)cc2)C1)N1CCc2ccccc21. The molecule has 0 aliphatic carbocycles. The van der Waals surface area contributed by atoms with Crippen molar-refractivity contribution in [3.63, 3.8) is 0 Å². The van der Waals surface area contributed by atoms with Gasteiger partial charge in [-0.3, -0.25) is 4.79 Å². The summed E-state index contributed by atoms with van der Waals surface area (Å²) in [5.41, 5.74) is 2.85. The van der Waals surface area contributed by atoms with Crippen LogP contribution in [0.4, 0.5) is 5.69 Å². The first-order valence-corrected chi connectivity index (χ1v) is 11.5. The largest absolute Gasteiger partial charge is 0.312 e. The highest BCUT2D eigenvalue weighted by molar-refractivity contribution is 7.88. The van der Waals surface area contributed by atoms with Crippen molar-refractivity contribution in [3.8, 4) is 0 Å². The maximum atomic E-state index is 13.1. The Hall–Kier alpha value is -1.89. The van der Waals surface area contributed by atoms with Crippen molar-refractivity contribution in [3.05, 3.63) is 64.7 Å². The maximum Gasteiger partial charge on any atom is 0.231 e. The lowest BCUT2D eigenvalue weighted by Crippen LogP contribution is -2.46. The normalized spacial score (nSPS) is 20.2. The molecule has 2 aromatic carbocycles. The van der Waals surface area contributed by atoms with E-state index in [1.807, 2.05) is 29.2 Å². The van der Waals surface area contributed by atoms with Crippen LogP contribution in [0.15, 0.2) is 48.5 Å². The first kappa shape index (κ1) is 19.4. The van der Waals surface area contributed by atoms with Gasteiger partial charge in [-0.15, -0.1) is 0 Å². The van der Waals surface area contributed by atoms with Gasteiger partial charge in [0.1, 0.15) is 0 Å². The molecular formula is C21H23ClN2O3S. The lowest BCUT2D eigenvalue weighted by Gasteiger charge is -2.33. The van der Waals surface area contributed by atoms with E-state index in [2.05, 4.69) is 0 Å². The van der Waals surface area contributed by atoms with Crippen LogP contribution in [0.25, 0.3) is 0 Å². The molecule has 7 heteroatoms. The Bertz CT molecular complexity index is 975. The summed E-state index contributed by atoms with van der Waals surface area (Å²) >= 11 is 5.88. The van der Waals surface area contributed by atoms with E-state index in [-0.39, 0.29) is 24.1 Å². The molecule has 1 fully saturated rings. The average Bonchev–Trinajstić information content (AvgIpc) is 3.13. The monoisotopic (exact) mass is 418 g/mol. The summed E-state index contributed by atoms with van der Waals surface area (Å²) in [4.78, 5) is 14.9. The number of sulfonamides is 1. The molecule has 0 N–H and O–H groups in total. The zero-order valence-electron chi connectivity index (χ0n) is 15.6. The number of para-hydroxylation sites is 1. The van der Waals surface area contributed by atoms with Crippen molar-refractivity contribution in [1.82, 2.24) is 4.31 Å². The van der Waals surface area contributed by atoms with E-state index in [9.17, 15) is 13.2 Å². The van der Waals surface area contributed by atoms with Crippen molar-refractivity contribution >= 4 is 33.2 Å². The van der Waals surface area contributed by atoms with Crippen LogP contribution in [0.3, 0.4) is 0 Å². The molecule has 1 amide bonds. The number of fused-ring (bicyclic) bond motifs is 1. The van der Waals surface area contributed by atoms with Crippen molar-refractivity contribution in [2.75, 3.05) is 24.5 Å². The number of carbonyl (C=O) groups excluding carboxylic acids is 1. The number of piperidine rings is 1. The Labute approximate surface area is 171 Å². The smallest absolute Gasteiger partial charge is 0.231 e. The minimum atomic E-state index is -3.48. The number of nitrogens with zero attached hydrogens (tertiary/aromatic N) is 2. The standard InChI is InChI=1S/C21H23ClN2O3S/c22-19-9-7-16(8-10-19)15-28(26,27)23-12-3-5-18(14-23)21(25)24-13-11-17-4-1-2-6-20(17)24/h1-2,4,6-10,18H,3,5,11-15H2/t18-/m0/s1. The molecular weight excluding hydrogens is 396 g/mol.